The normalized spacial score (nSPS) is 22.3. The molecule has 4 nitrogen and oxygen atoms in total. The second-order valence-corrected chi connectivity index (χ2v) is 6.71. The summed E-state index contributed by atoms with van der Waals surface area (Å²) in [5.74, 6) is 2.48. The number of nitrogens with zero attached hydrogens (tertiary/aromatic N) is 2. The highest BCUT2D eigenvalue weighted by molar-refractivity contribution is 5.80. The van der Waals surface area contributed by atoms with Gasteiger partial charge in [-0.15, -0.1) is 0 Å². The molecule has 23 heavy (non-hydrogen) atoms. The monoisotopic (exact) mass is 317 g/mol. The van der Waals surface area contributed by atoms with Gasteiger partial charge in [0.05, 0.1) is 6.61 Å². The molecule has 0 bridgehead atoms. The van der Waals surface area contributed by atoms with Crippen LogP contribution in [0.3, 0.4) is 0 Å². The van der Waals surface area contributed by atoms with Crippen LogP contribution >= 0.6 is 0 Å². The van der Waals surface area contributed by atoms with Crippen LogP contribution in [-0.4, -0.2) is 37.6 Å². The van der Waals surface area contributed by atoms with E-state index in [1.807, 2.05) is 14.0 Å². The van der Waals surface area contributed by atoms with Crippen molar-refractivity contribution in [2.24, 2.45) is 16.8 Å². The fourth-order valence-corrected chi connectivity index (χ4v) is 3.32. The van der Waals surface area contributed by atoms with Crippen molar-refractivity contribution in [2.45, 2.75) is 40.3 Å². The van der Waals surface area contributed by atoms with Gasteiger partial charge in [0.15, 0.2) is 5.96 Å². The molecule has 4 heteroatoms. The van der Waals surface area contributed by atoms with Gasteiger partial charge in [-0.3, -0.25) is 4.99 Å². The number of rotatable bonds is 5. The van der Waals surface area contributed by atoms with Crippen LogP contribution in [-0.2, 0) is 17.9 Å². The molecule has 0 saturated carbocycles. The Kier molecular flexibility index (Phi) is 6.90. The Morgan fingerprint density at radius 1 is 1.17 bits per heavy atom. The van der Waals surface area contributed by atoms with Gasteiger partial charge in [-0.1, -0.05) is 38.1 Å². The van der Waals surface area contributed by atoms with E-state index in [9.17, 15) is 0 Å². The highest BCUT2D eigenvalue weighted by Gasteiger charge is 2.23. The van der Waals surface area contributed by atoms with Crippen molar-refractivity contribution in [3.63, 3.8) is 0 Å². The van der Waals surface area contributed by atoms with Crippen molar-refractivity contribution < 1.29 is 4.74 Å². The number of hydrogen-bond donors (Lipinski definition) is 1. The maximum atomic E-state index is 5.43. The molecule has 0 spiro atoms. The third-order valence-electron chi connectivity index (χ3n) is 4.33. The standard InChI is InChI=1S/C19H31N3O/c1-5-23-14-18-8-6-17(7-9-18)11-21-19(20-4)22-12-15(2)10-16(3)13-22/h6-9,15-16H,5,10-14H2,1-4H3,(H,20,21). The van der Waals surface area contributed by atoms with Gasteiger partial charge in [-0.05, 0) is 36.3 Å². The van der Waals surface area contributed by atoms with Gasteiger partial charge in [0, 0.05) is 33.3 Å². The first-order valence-corrected chi connectivity index (χ1v) is 8.73. The average Bonchev–Trinajstić information content (AvgIpc) is 2.54. The van der Waals surface area contributed by atoms with Gasteiger partial charge in [-0.25, -0.2) is 0 Å². The number of aliphatic imine (C=N–C) groups is 1. The summed E-state index contributed by atoms with van der Waals surface area (Å²) < 4.78 is 5.43. The van der Waals surface area contributed by atoms with Crippen molar-refractivity contribution in [3.8, 4) is 0 Å². The number of nitrogens with one attached hydrogen (secondary N) is 1. The zero-order valence-corrected chi connectivity index (χ0v) is 15.0. The molecule has 1 aromatic carbocycles. The molecule has 1 aliphatic heterocycles. The maximum Gasteiger partial charge on any atom is 0.193 e. The molecule has 1 fully saturated rings. The SMILES string of the molecule is CCOCc1ccc(CNC(=NC)N2CC(C)CC(C)C2)cc1. The molecule has 1 saturated heterocycles. The van der Waals surface area contributed by atoms with E-state index in [0.29, 0.717) is 6.61 Å². The summed E-state index contributed by atoms with van der Waals surface area (Å²) in [4.78, 5) is 6.86. The van der Waals surface area contributed by atoms with Crippen LogP contribution < -0.4 is 5.32 Å². The van der Waals surface area contributed by atoms with Crippen LogP contribution in [0, 0.1) is 11.8 Å². The number of guanidine groups is 1. The molecule has 1 heterocycles. The van der Waals surface area contributed by atoms with Crippen molar-refractivity contribution in [3.05, 3.63) is 35.4 Å². The molecular weight excluding hydrogens is 286 g/mol. The molecule has 2 unspecified atom stereocenters. The summed E-state index contributed by atoms with van der Waals surface area (Å²) in [7, 11) is 1.87. The van der Waals surface area contributed by atoms with Crippen LogP contribution in [0.1, 0.15) is 38.3 Å². The summed E-state index contributed by atoms with van der Waals surface area (Å²) in [5, 5.41) is 3.50. The molecule has 0 aromatic heterocycles. The number of likely N-dealkylation sites (tertiary alicyclic amines) is 1. The Bertz CT molecular complexity index is 488. The molecule has 128 valence electrons. The molecule has 1 aromatic rings. The largest absolute Gasteiger partial charge is 0.377 e. The molecule has 1 aliphatic rings. The predicted octanol–water partition coefficient (Wildman–Crippen LogP) is 3.28. The van der Waals surface area contributed by atoms with Crippen molar-refractivity contribution in [1.82, 2.24) is 10.2 Å². The van der Waals surface area contributed by atoms with Crippen LogP contribution in [0.2, 0.25) is 0 Å². The third kappa shape index (κ3) is 5.54. The van der Waals surface area contributed by atoms with Gasteiger partial charge >= 0.3 is 0 Å². The van der Waals surface area contributed by atoms with E-state index in [1.165, 1.54) is 17.5 Å². The van der Waals surface area contributed by atoms with Crippen molar-refractivity contribution in [1.29, 1.82) is 0 Å². The highest BCUT2D eigenvalue weighted by atomic mass is 16.5. The zero-order valence-electron chi connectivity index (χ0n) is 15.0. The fraction of sp³-hybridized carbons (Fsp3) is 0.632. The molecular formula is C19H31N3O. The maximum absolute atomic E-state index is 5.43. The summed E-state index contributed by atoms with van der Waals surface area (Å²) in [6, 6.07) is 8.60. The van der Waals surface area contributed by atoms with E-state index < -0.39 is 0 Å². The van der Waals surface area contributed by atoms with E-state index in [2.05, 4.69) is 53.3 Å². The van der Waals surface area contributed by atoms with Gasteiger partial charge in [-0.2, -0.15) is 0 Å². The first-order chi connectivity index (χ1) is 11.1. The highest BCUT2D eigenvalue weighted by Crippen LogP contribution is 2.20. The van der Waals surface area contributed by atoms with E-state index in [1.54, 1.807) is 0 Å². The lowest BCUT2D eigenvalue weighted by molar-refractivity contribution is 0.134. The Labute approximate surface area is 140 Å². The Balaban J connectivity index is 1.88. The second-order valence-electron chi connectivity index (χ2n) is 6.71. The van der Waals surface area contributed by atoms with Crippen LogP contribution in [0.15, 0.2) is 29.3 Å². The number of piperidine rings is 1. The number of hydrogen-bond acceptors (Lipinski definition) is 2. The van der Waals surface area contributed by atoms with E-state index >= 15 is 0 Å². The average molecular weight is 317 g/mol. The summed E-state index contributed by atoms with van der Waals surface area (Å²) in [5.41, 5.74) is 2.49. The molecule has 1 N–H and O–H groups in total. The quantitative estimate of drug-likeness (QED) is 0.669. The topological polar surface area (TPSA) is 36.9 Å². The minimum Gasteiger partial charge on any atom is -0.377 e. The molecule has 2 rings (SSSR count). The minimum atomic E-state index is 0.690. The van der Waals surface area contributed by atoms with Crippen molar-refractivity contribution in [2.75, 3.05) is 26.7 Å². The molecule has 0 radical (unpaired) electrons. The van der Waals surface area contributed by atoms with Gasteiger partial charge in [0.1, 0.15) is 0 Å². The van der Waals surface area contributed by atoms with E-state index in [-0.39, 0.29) is 0 Å². The van der Waals surface area contributed by atoms with Gasteiger partial charge in [0.25, 0.3) is 0 Å². The van der Waals surface area contributed by atoms with Crippen LogP contribution in [0.5, 0.6) is 0 Å². The third-order valence-corrected chi connectivity index (χ3v) is 4.33. The molecule has 0 amide bonds. The molecule has 2 atom stereocenters. The van der Waals surface area contributed by atoms with Gasteiger partial charge in [0.2, 0.25) is 0 Å². The predicted molar refractivity (Wildman–Crippen MR) is 96.5 cm³/mol. The zero-order chi connectivity index (χ0) is 16.7. The summed E-state index contributed by atoms with van der Waals surface area (Å²) >= 11 is 0. The lowest BCUT2D eigenvalue weighted by Crippen LogP contribution is -2.48. The number of benzene rings is 1. The molecule has 0 aliphatic carbocycles. The minimum absolute atomic E-state index is 0.690. The first-order valence-electron chi connectivity index (χ1n) is 8.73. The summed E-state index contributed by atoms with van der Waals surface area (Å²) in [6.45, 7) is 11.1. The Hall–Kier alpha value is -1.55. The van der Waals surface area contributed by atoms with Crippen LogP contribution in [0.25, 0.3) is 0 Å². The van der Waals surface area contributed by atoms with E-state index in [4.69, 9.17) is 4.74 Å². The Morgan fingerprint density at radius 3 is 2.35 bits per heavy atom. The van der Waals surface area contributed by atoms with Gasteiger partial charge < -0.3 is 15.0 Å². The van der Waals surface area contributed by atoms with E-state index in [0.717, 1.165) is 44.0 Å². The smallest absolute Gasteiger partial charge is 0.193 e. The Morgan fingerprint density at radius 2 is 1.78 bits per heavy atom. The lowest BCUT2D eigenvalue weighted by Gasteiger charge is -2.37. The lowest BCUT2D eigenvalue weighted by atomic mass is 9.92. The number of ether oxygens (including phenoxy) is 1. The van der Waals surface area contributed by atoms with Crippen molar-refractivity contribution >= 4 is 5.96 Å². The second kappa shape index (κ2) is 8.92. The first kappa shape index (κ1) is 17.8. The summed E-state index contributed by atoms with van der Waals surface area (Å²) in [6.07, 6.45) is 1.31. The van der Waals surface area contributed by atoms with Crippen LogP contribution in [0.4, 0.5) is 0 Å². The fourth-order valence-electron chi connectivity index (χ4n) is 3.32.